The highest BCUT2D eigenvalue weighted by atomic mass is 16.6. The van der Waals surface area contributed by atoms with Gasteiger partial charge in [0.25, 0.3) is 5.69 Å². The largest absolute Gasteiger partial charge is 0.390 e. The summed E-state index contributed by atoms with van der Waals surface area (Å²) in [6.45, 7) is 5.17. The molecule has 0 saturated carbocycles. The van der Waals surface area contributed by atoms with Crippen molar-refractivity contribution in [2.75, 3.05) is 18.0 Å². The van der Waals surface area contributed by atoms with Crippen LogP contribution in [-0.2, 0) is 0 Å². The maximum atomic E-state index is 10.8. The molecule has 1 saturated heterocycles. The SMILES string of the molecule is Cc1cc(N2CCC(C)(O)CC2)ccc1[N+](=O)[O-]. The van der Waals surface area contributed by atoms with E-state index in [1.165, 1.54) is 0 Å². The number of nitro groups is 1. The average Bonchev–Trinajstić information content (AvgIpc) is 2.28. The smallest absolute Gasteiger partial charge is 0.272 e. The molecule has 0 atom stereocenters. The van der Waals surface area contributed by atoms with Crippen molar-refractivity contribution >= 4 is 11.4 Å². The van der Waals surface area contributed by atoms with E-state index in [1.54, 1.807) is 19.1 Å². The number of benzene rings is 1. The predicted octanol–water partition coefficient (Wildman–Crippen LogP) is 2.25. The molecule has 5 nitrogen and oxygen atoms in total. The van der Waals surface area contributed by atoms with Crippen molar-refractivity contribution in [2.24, 2.45) is 0 Å². The first-order valence-corrected chi connectivity index (χ1v) is 6.11. The number of aliphatic hydroxyl groups is 1. The van der Waals surface area contributed by atoms with Crippen LogP contribution in [-0.4, -0.2) is 28.7 Å². The Morgan fingerprint density at radius 3 is 2.50 bits per heavy atom. The van der Waals surface area contributed by atoms with Crippen LogP contribution in [0.2, 0.25) is 0 Å². The summed E-state index contributed by atoms with van der Waals surface area (Å²) in [6.07, 6.45) is 1.45. The molecule has 1 fully saturated rings. The van der Waals surface area contributed by atoms with Gasteiger partial charge in [-0.1, -0.05) is 0 Å². The first kappa shape index (κ1) is 12.8. The highest BCUT2D eigenvalue weighted by Crippen LogP contribution is 2.29. The van der Waals surface area contributed by atoms with Gasteiger partial charge in [-0.3, -0.25) is 10.1 Å². The number of anilines is 1. The minimum absolute atomic E-state index is 0.155. The van der Waals surface area contributed by atoms with Gasteiger partial charge in [-0.05, 0) is 38.8 Å². The second kappa shape index (κ2) is 4.57. The van der Waals surface area contributed by atoms with Crippen molar-refractivity contribution in [3.63, 3.8) is 0 Å². The first-order valence-electron chi connectivity index (χ1n) is 6.11. The molecular weight excluding hydrogens is 232 g/mol. The maximum Gasteiger partial charge on any atom is 0.272 e. The van der Waals surface area contributed by atoms with Crippen molar-refractivity contribution < 1.29 is 10.0 Å². The molecule has 0 amide bonds. The van der Waals surface area contributed by atoms with E-state index in [4.69, 9.17) is 0 Å². The Morgan fingerprint density at radius 2 is 2.00 bits per heavy atom. The molecule has 0 unspecified atom stereocenters. The summed E-state index contributed by atoms with van der Waals surface area (Å²) < 4.78 is 0. The van der Waals surface area contributed by atoms with Gasteiger partial charge in [-0.25, -0.2) is 0 Å². The first-order chi connectivity index (χ1) is 8.39. The van der Waals surface area contributed by atoms with Crippen LogP contribution in [0, 0.1) is 17.0 Å². The molecule has 2 rings (SSSR count). The fraction of sp³-hybridized carbons (Fsp3) is 0.538. The number of hydrogen-bond donors (Lipinski definition) is 1. The zero-order valence-electron chi connectivity index (χ0n) is 10.7. The molecule has 0 bridgehead atoms. The molecule has 0 aromatic heterocycles. The molecule has 5 heteroatoms. The summed E-state index contributed by atoms with van der Waals surface area (Å²) in [5, 5.41) is 20.6. The quantitative estimate of drug-likeness (QED) is 0.645. The molecule has 18 heavy (non-hydrogen) atoms. The van der Waals surface area contributed by atoms with E-state index < -0.39 is 5.60 Å². The predicted molar refractivity (Wildman–Crippen MR) is 69.9 cm³/mol. The monoisotopic (exact) mass is 250 g/mol. The Morgan fingerprint density at radius 1 is 1.39 bits per heavy atom. The molecule has 0 radical (unpaired) electrons. The second-order valence-electron chi connectivity index (χ2n) is 5.21. The van der Waals surface area contributed by atoms with Gasteiger partial charge in [0.1, 0.15) is 0 Å². The van der Waals surface area contributed by atoms with Crippen molar-refractivity contribution in [3.05, 3.63) is 33.9 Å². The van der Waals surface area contributed by atoms with Gasteiger partial charge >= 0.3 is 0 Å². The van der Waals surface area contributed by atoms with E-state index in [0.717, 1.165) is 31.6 Å². The molecule has 1 aliphatic heterocycles. The van der Waals surface area contributed by atoms with E-state index in [0.29, 0.717) is 5.56 Å². The van der Waals surface area contributed by atoms with E-state index in [2.05, 4.69) is 4.90 Å². The van der Waals surface area contributed by atoms with Crippen LogP contribution in [0.1, 0.15) is 25.3 Å². The highest BCUT2D eigenvalue weighted by molar-refractivity contribution is 5.55. The lowest BCUT2D eigenvalue weighted by atomic mass is 9.93. The Labute approximate surface area is 106 Å². The Bertz CT molecular complexity index is 461. The summed E-state index contributed by atoms with van der Waals surface area (Å²) in [5.74, 6) is 0. The number of aryl methyl sites for hydroxylation is 1. The van der Waals surface area contributed by atoms with Crippen molar-refractivity contribution in [1.82, 2.24) is 0 Å². The molecule has 1 heterocycles. The van der Waals surface area contributed by atoms with Crippen LogP contribution in [0.25, 0.3) is 0 Å². The molecule has 0 spiro atoms. The number of rotatable bonds is 2. The van der Waals surface area contributed by atoms with Crippen LogP contribution in [0.15, 0.2) is 18.2 Å². The van der Waals surface area contributed by atoms with Crippen LogP contribution >= 0.6 is 0 Å². The molecule has 1 aromatic carbocycles. The standard InChI is InChI=1S/C13H18N2O3/c1-10-9-11(3-4-12(10)15(17)18)14-7-5-13(2,16)6-8-14/h3-4,9,16H,5-8H2,1-2H3. The van der Waals surface area contributed by atoms with Crippen LogP contribution in [0.5, 0.6) is 0 Å². The van der Waals surface area contributed by atoms with Gasteiger partial charge in [0, 0.05) is 30.4 Å². The molecule has 0 aliphatic carbocycles. The Kier molecular flexibility index (Phi) is 3.26. The summed E-state index contributed by atoms with van der Waals surface area (Å²) in [4.78, 5) is 12.6. The molecule has 1 aliphatic rings. The van der Waals surface area contributed by atoms with Gasteiger partial charge in [0.05, 0.1) is 10.5 Å². The summed E-state index contributed by atoms with van der Waals surface area (Å²) in [5.41, 5.74) is 1.25. The van der Waals surface area contributed by atoms with Gasteiger partial charge in [0.2, 0.25) is 0 Å². The number of nitrogens with zero attached hydrogens (tertiary/aromatic N) is 2. The lowest BCUT2D eigenvalue weighted by Gasteiger charge is -2.37. The van der Waals surface area contributed by atoms with E-state index >= 15 is 0 Å². The molecular formula is C13H18N2O3. The lowest BCUT2D eigenvalue weighted by molar-refractivity contribution is -0.385. The number of hydrogen-bond acceptors (Lipinski definition) is 4. The highest BCUT2D eigenvalue weighted by Gasteiger charge is 2.27. The lowest BCUT2D eigenvalue weighted by Crippen LogP contribution is -2.42. The van der Waals surface area contributed by atoms with E-state index in [-0.39, 0.29) is 10.6 Å². The minimum atomic E-state index is -0.577. The van der Waals surface area contributed by atoms with Crippen molar-refractivity contribution in [1.29, 1.82) is 0 Å². The summed E-state index contributed by atoms with van der Waals surface area (Å²) >= 11 is 0. The third-order valence-corrected chi connectivity index (χ3v) is 3.58. The fourth-order valence-corrected chi connectivity index (χ4v) is 2.29. The maximum absolute atomic E-state index is 10.8. The zero-order valence-corrected chi connectivity index (χ0v) is 10.7. The molecule has 98 valence electrons. The zero-order chi connectivity index (χ0) is 13.3. The van der Waals surface area contributed by atoms with E-state index in [1.807, 2.05) is 13.0 Å². The van der Waals surface area contributed by atoms with Crippen molar-refractivity contribution in [3.8, 4) is 0 Å². The Hall–Kier alpha value is -1.62. The molecule has 1 aromatic rings. The average molecular weight is 250 g/mol. The van der Waals surface area contributed by atoms with Crippen LogP contribution < -0.4 is 4.90 Å². The normalized spacial score (nSPS) is 18.7. The van der Waals surface area contributed by atoms with Crippen LogP contribution in [0.3, 0.4) is 0 Å². The van der Waals surface area contributed by atoms with Crippen molar-refractivity contribution in [2.45, 2.75) is 32.3 Å². The van der Waals surface area contributed by atoms with Gasteiger partial charge < -0.3 is 10.0 Å². The van der Waals surface area contributed by atoms with Gasteiger partial charge in [-0.2, -0.15) is 0 Å². The van der Waals surface area contributed by atoms with Gasteiger partial charge in [0.15, 0.2) is 0 Å². The summed E-state index contributed by atoms with van der Waals surface area (Å²) in [7, 11) is 0. The van der Waals surface area contributed by atoms with E-state index in [9.17, 15) is 15.2 Å². The number of piperidine rings is 1. The Balaban J connectivity index is 2.16. The number of nitro benzene ring substituents is 1. The van der Waals surface area contributed by atoms with Gasteiger partial charge in [-0.15, -0.1) is 0 Å². The molecule has 1 N–H and O–H groups in total. The third kappa shape index (κ3) is 2.61. The third-order valence-electron chi connectivity index (χ3n) is 3.58. The fourth-order valence-electron chi connectivity index (χ4n) is 2.29. The topological polar surface area (TPSA) is 66.6 Å². The van der Waals surface area contributed by atoms with Crippen LogP contribution in [0.4, 0.5) is 11.4 Å². The second-order valence-corrected chi connectivity index (χ2v) is 5.21. The summed E-state index contributed by atoms with van der Waals surface area (Å²) in [6, 6.07) is 5.18. The minimum Gasteiger partial charge on any atom is -0.390 e.